The SMILES string of the molecule is CCO[C@H]1COC[C@@H]1NC(=O)c1ccc2c(c1)N(C)C(=O)CO2. The maximum atomic E-state index is 12.5. The number of amides is 2. The molecule has 1 saturated heterocycles. The smallest absolute Gasteiger partial charge is 0.264 e. The van der Waals surface area contributed by atoms with Gasteiger partial charge in [-0.1, -0.05) is 0 Å². The zero-order valence-corrected chi connectivity index (χ0v) is 13.2. The van der Waals surface area contributed by atoms with E-state index in [2.05, 4.69) is 5.32 Å². The van der Waals surface area contributed by atoms with Gasteiger partial charge in [-0.2, -0.15) is 0 Å². The minimum atomic E-state index is -0.223. The van der Waals surface area contributed by atoms with Crippen LogP contribution in [0.4, 0.5) is 5.69 Å². The first-order valence-electron chi connectivity index (χ1n) is 7.63. The van der Waals surface area contributed by atoms with Gasteiger partial charge < -0.3 is 24.4 Å². The summed E-state index contributed by atoms with van der Waals surface area (Å²) < 4.78 is 16.3. The molecular weight excluding hydrogens is 300 g/mol. The molecule has 0 saturated carbocycles. The summed E-state index contributed by atoms with van der Waals surface area (Å²) in [7, 11) is 1.67. The highest BCUT2D eigenvalue weighted by Crippen LogP contribution is 2.32. The number of hydrogen-bond donors (Lipinski definition) is 1. The molecule has 124 valence electrons. The van der Waals surface area contributed by atoms with Crippen LogP contribution in [0.2, 0.25) is 0 Å². The second kappa shape index (κ2) is 6.55. The number of nitrogens with zero attached hydrogens (tertiary/aromatic N) is 1. The Morgan fingerprint density at radius 3 is 3.04 bits per heavy atom. The van der Waals surface area contributed by atoms with E-state index >= 15 is 0 Å². The summed E-state index contributed by atoms with van der Waals surface area (Å²) in [6.45, 7) is 3.42. The molecule has 1 fully saturated rings. The molecule has 0 aliphatic carbocycles. The molecule has 2 amide bonds. The Bertz CT molecular complexity index is 618. The van der Waals surface area contributed by atoms with Crippen molar-refractivity contribution in [2.75, 3.05) is 38.4 Å². The standard InChI is InChI=1S/C16H20N2O5/c1-3-22-14-8-21-7-11(14)17-16(20)10-4-5-13-12(6-10)18(2)15(19)9-23-13/h4-6,11,14H,3,7-9H2,1-2H3,(H,17,20)/t11-,14-/m0/s1. The lowest BCUT2D eigenvalue weighted by Gasteiger charge is -2.26. The van der Waals surface area contributed by atoms with Crippen LogP contribution in [0.25, 0.3) is 0 Å². The van der Waals surface area contributed by atoms with Crippen molar-refractivity contribution in [3.8, 4) is 5.75 Å². The van der Waals surface area contributed by atoms with E-state index < -0.39 is 0 Å². The van der Waals surface area contributed by atoms with E-state index in [1.54, 1.807) is 25.2 Å². The zero-order chi connectivity index (χ0) is 16.4. The number of carbonyl (C=O) groups is 2. The van der Waals surface area contributed by atoms with E-state index in [4.69, 9.17) is 14.2 Å². The van der Waals surface area contributed by atoms with Gasteiger partial charge in [-0.15, -0.1) is 0 Å². The summed E-state index contributed by atoms with van der Waals surface area (Å²) in [4.78, 5) is 25.7. The molecule has 1 N–H and O–H groups in total. The van der Waals surface area contributed by atoms with E-state index in [9.17, 15) is 9.59 Å². The van der Waals surface area contributed by atoms with E-state index in [0.717, 1.165) is 0 Å². The first-order chi connectivity index (χ1) is 11.1. The number of nitrogens with one attached hydrogen (secondary N) is 1. The predicted molar refractivity (Wildman–Crippen MR) is 82.8 cm³/mol. The molecule has 7 heteroatoms. The Balaban J connectivity index is 1.74. The van der Waals surface area contributed by atoms with Crippen molar-refractivity contribution in [2.45, 2.75) is 19.1 Å². The monoisotopic (exact) mass is 320 g/mol. The zero-order valence-electron chi connectivity index (χ0n) is 13.2. The Kier molecular flexibility index (Phi) is 4.49. The predicted octanol–water partition coefficient (Wildman–Crippen LogP) is 0.575. The third-order valence-corrected chi connectivity index (χ3v) is 4.03. The van der Waals surface area contributed by atoms with Gasteiger partial charge in [0.2, 0.25) is 0 Å². The molecule has 0 aromatic heterocycles. The number of fused-ring (bicyclic) bond motifs is 1. The highest BCUT2D eigenvalue weighted by atomic mass is 16.5. The minimum absolute atomic E-state index is 0.0183. The van der Waals surface area contributed by atoms with Gasteiger partial charge in [0.15, 0.2) is 6.61 Å². The minimum Gasteiger partial charge on any atom is -0.482 e. The lowest BCUT2D eigenvalue weighted by molar-refractivity contribution is -0.120. The van der Waals surface area contributed by atoms with Crippen molar-refractivity contribution >= 4 is 17.5 Å². The molecule has 2 aliphatic rings. The maximum Gasteiger partial charge on any atom is 0.264 e. The van der Waals surface area contributed by atoms with Crippen LogP contribution in [0.5, 0.6) is 5.75 Å². The first-order valence-corrected chi connectivity index (χ1v) is 7.63. The summed E-state index contributed by atoms with van der Waals surface area (Å²) >= 11 is 0. The van der Waals surface area contributed by atoms with E-state index in [0.29, 0.717) is 36.8 Å². The Hall–Kier alpha value is -2.12. The molecule has 0 radical (unpaired) electrons. The number of rotatable bonds is 4. The molecule has 7 nitrogen and oxygen atoms in total. The van der Waals surface area contributed by atoms with Gasteiger partial charge in [0, 0.05) is 19.2 Å². The second-order valence-corrected chi connectivity index (χ2v) is 5.54. The van der Waals surface area contributed by atoms with E-state index in [1.807, 2.05) is 6.92 Å². The molecule has 0 unspecified atom stereocenters. The molecule has 3 rings (SSSR count). The van der Waals surface area contributed by atoms with Crippen LogP contribution in [-0.4, -0.2) is 57.4 Å². The highest BCUT2D eigenvalue weighted by Gasteiger charge is 2.31. The van der Waals surface area contributed by atoms with Crippen molar-refractivity contribution < 1.29 is 23.8 Å². The van der Waals surface area contributed by atoms with Gasteiger partial charge >= 0.3 is 0 Å². The summed E-state index contributed by atoms with van der Waals surface area (Å²) in [5.74, 6) is 0.232. The van der Waals surface area contributed by atoms with E-state index in [-0.39, 0.29) is 30.6 Å². The van der Waals surface area contributed by atoms with Crippen molar-refractivity contribution in [2.24, 2.45) is 0 Å². The second-order valence-electron chi connectivity index (χ2n) is 5.54. The highest BCUT2D eigenvalue weighted by molar-refractivity contribution is 6.01. The number of ether oxygens (including phenoxy) is 3. The van der Waals surface area contributed by atoms with E-state index in [1.165, 1.54) is 4.90 Å². The van der Waals surface area contributed by atoms with Gasteiger partial charge in [0.1, 0.15) is 11.9 Å². The number of anilines is 1. The molecule has 2 aliphatic heterocycles. The number of benzene rings is 1. The van der Waals surface area contributed by atoms with Crippen molar-refractivity contribution in [1.82, 2.24) is 5.32 Å². The molecule has 2 atom stereocenters. The molecule has 1 aromatic rings. The lowest BCUT2D eigenvalue weighted by atomic mass is 10.1. The summed E-state index contributed by atoms with van der Waals surface area (Å²) in [6, 6.07) is 4.88. The fourth-order valence-corrected chi connectivity index (χ4v) is 2.71. The van der Waals surface area contributed by atoms with Crippen LogP contribution in [0.3, 0.4) is 0 Å². The van der Waals surface area contributed by atoms with Crippen LogP contribution in [0.1, 0.15) is 17.3 Å². The molecule has 1 aromatic carbocycles. The molecular formula is C16H20N2O5. The van der Waals surface area contributed by atoms with Crippen LogP contribution in [0, 0.1) is 0 Å². The van der Waals surface area contributed by atoms with Crippen molar-refractivity contribution in [3.63, 3.8) is 0 Å². The quantitative estimate of drug-likeness (QED) is 0.878. The van der Waals surface area contributed by atoms with Crippen molar-refractivity contribution in [1.29, 1.82) is 0 Å². The average molecular weight is 320 g/mol. The maximum absolute atomic E-state index is 12.5. The van der Waals surface area contributed by atoms with Gasteiger partial charge in [-0.3, -0.25) is 9.59 Å². The number of likely N-dealkylation sites (N-methyl/N-ethyl adjacent to an activating group) is 1. The summed E-state index contributed by atoms with van der Waals surface area (Å²) in [6.07, 6.45) is -0.130. The largest absolute Gasteiger partial charge is 0.482 e. The summed E-state index contributed by atoms with van der Waals surface area (Å²) in [5.41, 5.74) is 1.06. The van der Waals surface area contributed by atoms with Crippen LogP contribution in [0.15, 0.2) is 18.2 Å². The molecule has 0 spiro atoms. The van der Waals surface area contributed by atoms with Gasteiger partial charge in [-0.25, -0.2) is 0 Å². The van der Waals surface area contributed by atoms with Crippen LogP contribution >= 0.6 is 0 Å². The topological polar surface area (TPSA) is 77.1 Å². The van der Waals surface area contributed by atoms with Gasteiger partial charge in [0.25, 0.3) is 11.8 Å². The van der Waals surface area contributed by atoms with Gasteiger partial charge in [-0.05, 0) is 25.1 Å². The fraction of sp³-hybridized carbons (Fsp3) is 0.500. The van der Waals surface area contributed by atoms with Crippen LogP contribution in [-0.2, 0) is 14.3 Å². The Morgan fingerprint density at radius 1 is 1.43 bits per heavy atom. The molecule has 2 heterocycles. The number of hydrogen-bond acceptors (Lipinski definition) is 5. The fourth-order valence-electron chi connectivity index (χ4n) is 2.71. The Labute approximate surface area is 134 Å². The van der Waals surface area contributed by atoms with Crippen molar-refractivity contribution in [3.05, 3.63) is 23.8 Å². The molecule has 0 bridgehead atoms. The Morgan fingerprint density at radius 2 is 2.26 bits per heavy atom. The average Bonchev–Trinajstić information content (AvgIpc) is 2.98. The third-order valence-electron chi connectivity index (χ3n) is 4.03. The first kappa shape index (κ1) is 15.8. The van der Waals surface area contributed by atoms with Gasteiger partial charge in [0.05, 0.1) is 24.9 Å². The lowest BCUT2D eigenvalue weighted by Crippen LogP contribution is -2.44. The molecule has 23 heavy (non-hydrogen) atoms. The number of carbonyl (C=O) groups excluding carboxylic acids is 2. The van der Waals surface area contributed by atoms with Crippen LogP contribution < -0.4 is 15.0 Å². The third kappa shape index (κ3) is 3.16. The summed E-state index contributed by atoms with van der Waals surface area (Å²) in [5, 5.41) is 2.93. The normalized spacial score (nSPS) is 23.4.